The lowest BCUT2D eigenvalue weighted by Crippen LogP contribution is -2.58. The number of fused-ring (bicyclic) bond motifs is 4. The third kappa shape index (κ3) is 3.38. The molecule has 4 heteroatoms. The highest BCUT2D eigenvalue weighted by molar-refractivity contribution is 5.86. The predicted octanol–water partition coefficient (Wildman–Crippen LogP) is 5.81. The summed E-state index contributed by atoms with van der Waals surface area (Å²) < 4.78 is 0. The molecule has 2 N–H and O–H groups in total. The van der Waals surface area contributed by atoms with Crippen molar-refractivity contribution in [3.05, 3.63) is 22.8 Å². The fourth-order valence-electron chi connectivity index (χ4n) is 9.21. The molecule has 0 aromatic rings. The van der Waals surface area contributed by atoms with Crippen LogP contribution in [0.25, 0.3) is 0 Å². The molecule has 0 spiro atoms. The van der Waals surface area contributed by atoms with Crippen LogP contribution in [-0.2, 0) is 9.59 Å². The Hall–Kier alpha value is -1.26. The highest BCUT2D eigenvalue weighted by Gasteiger charge is 2.68. The number of aliphatic hydroxyl groups is 2. The van der Waals surface area contributed by atoms with Crippen LogP contribution in [0.1, 0.15) is 99.8 Å². The first-order chi connectivity index (χ1) is 15.7. The van der Waals surface area contributed by atoms with Gasteiger partial charge in [0.15, 0.2) is 0 Å². The van der Waals surface area contributed by atoms with Gasteiger partial charge in [-0.25, -0.2) is 0 Å². The lowest BCUT2D eigenvalue weighted by Gasteiger charge is -2.62. The van der Waals surface area contributed by atoms with Crippen LogP contribution in [0.3, 0.4) is 0 Å². The van der Waals surface area contributed by atoms with Gasteiger partial charge in [0.2, 0.25) is 0 Å². The van der Waals surface area contributed by atoms with Crippen molar-refractivity contribution in [3.8, 4) is 0 Å². The first-order valence-corrected chi connectivity index (χ1v) is 13.5. The van der Waals surface area contributed by atoms with Gasteiger partial charge in [0.1, 0.15) is 12.1 Å². The minimum atomic E-state index is -0.593. The molecule has 4 rings (SSSR count). The van der Waals surface area contributed by atoms with E-state index in [1.807, 2.05) is 13.0 Å². The largest absolute Gasteiger partial charge is 0.392 e. The summed E-state index contributed by atoms with van der Waals surface area (Å²) in [6.07, 6.45) is 8.56. The number of carbonyl (C=O) groups excluding carboxylic acids is 2. The van der Waals surface area contributed by atoms with Crippen LogP contribution in [0.5, 0.6) is 0 Å². The van der Waals surface area contributed by atoms with Crippen LogP contribution in [0.2, 0.25) is 0 Å². The first-order valence-electron chi connectivity index (χ1n) is 13.5. The molecule has 4 aliphatic rings. The van der Waals surface area contributed by atoms with Crippen molar-refractivity contribution < 1.29 is 19.8 Å². The number of aliphatic hydroxyl groups excluding tert-OH is 2. The Kier molecular flexibility index (Phi) is 6.38. The molecule has 0 aromatic heterocycles. The number of Topliss-reactive ketones (excluding diaryl/α,β-unsaturated/α-hetero) is 1. The van der Waals surface area contributed by atoms with Gasteiger partial charge >= 0.3 is 0 Å². The zero-order valence-corrected chi connectivity index (χ0v) is 22.4. The Morgan fingerprint density at radius 3 is 2.41 bits per heavy atom. The Bertz CT molecular complexity index is 928. The molecule has 34 heavy (non-hydrogen) atoms. The van der Waals surface area contributed by atoms with Crippen molar-refractivity contribution in [3.63, 3.8) is 0 Å². The van der Waals surface area contributed by atoms with E-state index in [1.165, 1.54) is 5.57 Å². The quantitative estimate of drug-likeness (QED) is 0.302. The van der Waals surface area contributed by atoms with Crippen LogP contribution in [0.15, 0.2) is 22.8 Å². The number of aldehydes is 1. The maximum absolute atomic E-state index is 12.8. The van der Waals surface area contributed by atoms with Gasteiger partial charge in [-0.15, -0.1) is 0 Å². The molecule has 4 aliphatic carbocycles. The van der Waals surface area contributed by atoms with Gasteiger partial charge in [0.05, 0.1) is 12.2 Å². The monoisotopic (exact) mass is 470 g/mol. The van der Waals surface area contributed by atoms with E-state index in [1.54, 1.807) is 0 Å². The SMILES string of the molecule is C/C(C=O)=C\CC[C@@H](C)[C@H]1C[C@H](O)[C@@]2(C)C3=C(CC[C@]12C)[C@@]1(C)CCC(=O)C(C)(C)[C@@H]1C[C@H]3O. The van der Waals surface area contributed by atoms with Crippen molar-refractivity contribution in [2.45, 2.75) is 112 Å². The number of rotatable bonds is 5. The highest BCUT2D eigenvalue weighted by Crippen LogP contribution is 2.72. The van der Waals surface area contributed by atoms with E-state index in [-0.39, 0.29) is 16.7 Å². The van der Waals surface area contributed by atoms with E-state index in [2.05, 4.69) is 41.5 Å². The molecule has 0 aliphatic heterocycles. The van der Waals surface area contributed by atoms with Crippen LogP contribution in [0.4, 0.5) is 0 Å². The normalized spacial score (nSPS) is 44.9. The third-order valence-electron chi connectivity index (χ3n) is 11.6. The third-order valence-corrected chi connectivity index (χ3v) is 11.6. The molecular weight excluding hydrogens is 424 g/mol. The smallest absolute Gasteiger partial charge is 0.145 e. The van der Waals surface area contributed by atoms with Crippen molar-refractivity contribution >= 4 is 12.1 Å². The van der Waals surface area contributed by atoms with E-state index in [4.69, 9.17) is 0 Å². The summed E-state index contributed by atoms with van der Waals surface area (Å²) in [6.45, 7) is 15.2. The lowest BCUT2D eigenvalue weighted by molar-refractivity contribution is -0.142. The van der Waals surface area contributed by atoms with Crippen LogP contribution in [0, 0.1) is 39.4 Å². The average molecular weight is 471 g/mol. The second-order valence-electron chi connectivity index (χ2n) is 13.4. The molecular formula is C30H46O4. The number of hydrogen-bond acceptors (Lipinski definition) is 4. The second kappa shape index (κ2) is 8.40. The molecule has 0 aromatic carbocycles. The maximum Gasteiger partial charge on any atom is 0.145 e. The number of allylic oxidation sites excluding steroid dienone is 3. The Labute approximate surface area is 206 Å². The van der Waals surface area contributed by atoms with E-state index < -0.39 is 23.0 Å². The molecule has 0 bridgehead atoms. The summed E-state index contributed by atoms with van der Waals surface area (Å²) in [6, 6.07) is 0. The molecule has 2 fully saturated rings. The minimum absolute atomic E-state index is 0.0851. The summed E-state index contributed by atoms with van der Waals surface area (Å²) >= 11 is 0. The van der Waals surface area contributed by atoms with Crippen molar-refractivity contribution in [1.29, 1.82) is 0 Å². The number of carbonyl (C=O) groups is 2. The Morgan fingerprint density at radius 1 is 1.09 bits per heavy atom. The van der Waals surface area contributed by atoms with Gasteiger partial charge in [0.25, 0.3) is 0 Å². The number of hydrogen-bond donors (Lipinski definition) is 2. The lowest BCUT2D eigenvalue weighted by atomic mass is 9.42. The van der Waals surface area contributed by atoms with Crippen molar-refractivity contribution in [2.75, 3.05) is 0 Å². The van der Waals surface area contributed by atoms with E-state index in [0.717, 1.165) is 56.0 Å². The zero-order valence-electron chi connectivity index (χ0n) is 22.4. The standard InChI is InChI=1S/C30H46O4/c1-18(17-31)9-8-10-19(2)21-15-25(34)30(7)26-20(11-14-29(21,30)6)28(5)13-12-24(33)27(3,4)23(28)16-22(26)32/h9,17,19,21-23,25,32,34H,8,10-16H2,1-7H3/b18-9+/t19-,21-,22-,23+,25+,28-,29-,30+/m1/s1. The summed E-state index contributed by atoms with van der Waals surface area (Å²) in [5.41, 5.74) is 2.21. The fourth-order valence-corrected chi connectivity index (χ4v) is 9.21. The van der Waals surface area contributed by atoms with Gasteiger partial charge < -0.3 is 10.2 Å². The summed E-state index contributed by atoms with van der Waals surface area (Å²) in [7, 11) is 0. The zero-order chi connectivity index (χ0) is 25.3. The Morgan fingerprint density at radius 2 is 1.76 bits per heavy atom. The van der Waals surface area contributed by atoms with Crippen LogP contribution >= 0.6 is 0 Å². The van der Waals surface area contributed by atoms with Gasteiger partial charge in [-0.2, -0.15) is 0 Å². The van der Waals surface area contributed by atoms with Gasteiger partial charge in [-0.05, 0) is 91.6 Å². The highest BCUT2D eigenvalue weighted by atomic mass is 16.3. The molecule has 4 nitrogen and oxygen atoms in total. The molecule has 0 amide bonds. The first kappa shape index (κ1) is 25.8. The Balaban J connectivity index is 1.72. The van der Waals surface area contributed by atoms with Crippen LogP contribution in [-0.4, -0.2) is 34.5 Å². The summed E-state index contributed by atoms with van der Waals surface area (Å²) in [5, 5.41) is 23.3. The topological polar surface area (TPSA) is 74.6 Å². The van der Waals surface area contributed by atoms with Gasteiger partial charge in [-0.3, -0.25) is 9.59 Å². The molecule has 2 saturated carbocycles. The minimum Gasteiger partial charge on any atom is -0.392 e. The maximum atomic E-state index is 12.8. The molecule has 190 valence electrons. The van der Waals surface area contributed by atoms with Gasteiger partial charge in [0, 0.05) is 17.3 Å². The van der Waals surface area contributed by atoms with Crippen molar-refractivity contribution in [1.82, 2.24) is 0 Å². The van der Waals surface area contributed by atoms with Gasteiger partial charge in [-0.1, -0.05) is 53.2 Å². The average Bonchev–Trinajstić information content (AvgIpc) is 2.99. The molecule has 0 unspecified atom stereocenters. The second-order valence-corrected chi connectivity index (χ2v) is 13.4. The predicted molar refractivity (Wildman–Crippen MR) is 135 cm³/mol. The number of ketones is 1. The van der Waals surface area contributed by atoms with E-state index in [9.17, 15) is 19.8 Å². The molecule has 8 atom stereocenters. The molecule has 0 heterocycles. The van der Waals surface area contributed by atoms with Crippen LogP contribution < -0.4 is 0 Å². The molecule has 0 radical (unpaired) electrons. The van der Waals surface area contributed by atoms with Crippen molar-refractivity contribution in [2.24, 2.45) is 39.4 Å². The van der Waals surface area contributed by atoms with E-state index >= 15 is 0 Å². The van der Waals surface area contributed by atoms with E-state index in [0.29, 0.717) is 30.5 Å². The fraction of sp³-hybridized carbons (Fsp3) is 0.800. The summed E-state index contributed by atoms with van der Waals surface area (Å²) in [4.78, 5) is 23.8. The summed E-state index contributed by atoms with van der Waals surface area (Å²) in [5.74, 6) is 1.26. The molecule has 0 saturated heterocycles.